The first kappa shape index (κ1) is 21.3. The second-order valence-corrected chi connectivity index (χ2v) is 8.53. The van der Waals surface area contributed by atoms with Crippen LogP contribution in [-0.2, 0) is 9.47 Å². The fourth-order valence-corrected chi connectivity index (χ4v) is 4.55. The van der Waals surface area contributed by atoms with E-state index in [1.54, 1.807) is 13.4 Å². The number of piperazine rings is 1. The summed E-state index contributed by atoms with van der Waals surface area (Å²) in [6, 6.07) is 0. The number of fused-ring (bicyclic) bond motifs is 1. The fourth-order valence-electron chi connectivity index (χ4n) is 4.55. The third-order valence-corrected chi connectivity index (χ3v) is 6.41. The molecule has 7 nitrogen and oxygen atoms in total. The van der Waals surface area contributed by atoms with E-state index in [1.165, 1.54) is 5.71 Å². The van der Waals surface area contributed by atoms with Crippen molar-refractivity contribution in [3.05, 3.63) is 35.4 Å². The van der Waals surface area contributed by atoms with Crippen LogP contribution in [0.5, 0.6) is 0 Å². The molecule has 1 unspecified atom stereocenters. The molecule has 0 spiro atoms. The average molecular weight is 414 g/mol. The summed E-state index contributed by atoms with van der Waals surface area (Å²) in [5.41, 5.74) is 2.08. The summed E-state index contributed by atoms with van der Waals surface area (Å²) >= 11 is 0. The summed E-state index contributed by atoms with van der Waals surface area (Å²) in [7, 11) is 3.90. The zero-order chi connectivity index (χ0) is 20.8. The van der Waals surface area contributed by atoms with Crippen LogP contribution in [0.3, 0.4) is 0 Å². The summed E-state index contributed by atoms with van der Waals surface area (Å²) in [4.78, 5) is 14.2. The van der Waals surface area contributed by atoms with Crippen LogP contribution < -0.4 is 5.32 Å². The molecule has 0 radical (unpaired) electrons. The molecule has 3 heterocycles. The van der Waals surface area contributed by atoms with Crippen LogP contribution in [0, 0.1) is 11.8 Å². The quantitative estimate of drug-likeness (QED) is 0.648. The molecule has 0 aromatic carbocycles. The van der Waals surface area contributed by atoms with Gasteiger partial charge in [0.05, 0.1) is 19.4 Å². The molecular weight excluding hydrogens is 378 g/mol. The second-order valence-electron chi connectivity index (χ2n) is 8.53. The lowest BCUT2D eigenvalue weighted by Crippen LogP contribution is -2.44. The molecule has 0 aromatic rings. The van der Waals surface area contributed by atoms with Crippen LogP contribution in [0.2, 0.25) is 0 Å². The van der Waals surface area contributed by atoms with Crippen LogP contribution >= 0.6 is 0 Å². The number of ether oxygens (including phenoxy) is 2. The Balaban J connectivity index is 1.37. The number of nitrogens with one attached hydrogen (secondary N) is 1. The molecule has 2 saturated heterocycles. The molecule has 1 aliphatic carbocycles. The molecule has 1 atom stereocenters. The van der Waals surface area contributed by atoms with Crippen LogP contribution in [0.1, 0.15) is 19.3 Å². The Hall–Kier alpha value is -1.96. The minimum absolute atomic E-state index is 0.100. The largest absolute Gasteiger partial charge is 0.493 e. The van der Waals surface area contributed by atoms with Crippen LogP contribution in [-0.4, -0.2) is 88.4 Å². The van der Waals surface area contributed by atoms with Crippen LogP contribution in [0.25, 0.3) is 0 Å². The van der Waals surface area contributed by atoms with Crippen molar-refractivity contribution in [3.8, 4) is 0 Å². The number of allylic oxidation sites excluding steroid dienone is 3. The van der Waals surface area contributed by atoms with Crippen molar-refractivity contribution in [3.63, 3.8) is 0 Å². The van der Waals surface area contributed by atoms with Gasteiger partial charge in [0.25, 0.3) is 0 Å². The van der Waals surface area contributed by atoms with Gasteiger partial charge in [-0.15, -0.1) is 0 Å². The van der Waals surface area contributed by atoms with Crippen molar-refractivity contribution in [2.45, 2.75) is 19.3 Å². The number of nitrogens with zero attached hydrogens (tertiary/aromatic N) is 4. The van der Waals surface area contributed by atoms with Crippen molar-refractivity contribution in [2.24, 2.45) is 21.8 Å². The van der Waals surface area contributed by atoms with Gasteiger partial charge in [-0.25, -0.2) is 9.98 Å². The Morgan fingerprint density at radius 2 is 1.90 bits per heavy atom. The number of aliphatic imine (C=N–C) groups is 2. The molecule has 4 rings (SSSR count). The summed E-state index contributed by atoms with van der Waals surface area (Å²) < 4.78 is 11.9. The first-order valence-electron chi connectivity index (χ1n) is 11.3. The first-order valence-corrected chi connectivity index (χ1v) is 11.3. The highest BCUT2D eigenvalue weighted by molar-refractivity contribution is 5.97. The van der Waals surface area contributed by atoms with Crippen molar-refractivity contribution in [1.29, 1.82) is 0 Å². The molecule has 7 heteroatoms. The van der Waals surface area contributed by atoms with Crippen molar-refractivity contribution >= 4 is 12.1 Å². The predicted octanol–water partition coefficient (Wildman–Crippen LogP) is 2.05. The third kappa shape index (κ3) is 5.39. The van der Waals surface area contributed by atoms with E-state index in [9.17, 15) is 0 Å². The van der Waals surface area contributed by atoms with Gasteiger partial charge in [0.15, 0.2) is 11.5 Å². The van der Waals surface area contributed by atoms with E-state index < -0.39 is 0 Å². The van der Waals surface area contributed by atoms with Gasteiger partial charge in [0, 0.05) is 56.3 Å². The normalized spacial score (nSPS) is 26.1. The molecule has 2 bridgehead atoms. The lowest BCUT2D eigenvalue weighted by Gasteiger charge is -2.32. The molecular formula is C23H35N5O2. The first-order chi connectivity index (χ1) is 14.7. The van der Waals surface area contributed by atoms with E-state index in [2.05, 4.69) is 39.3 Å². The van der Waals surface area contributed by atoms with E-state index in [0.29, 0.717) is 12.5 Å². The third-order valence-electron chi connectivity index (χ3n) is 6.41. The number of methoxy groups -OCH3 is 1. The van der Waals surface area contributed by atoms with Crippen LogP contribution in [0.4, 0.5) is 0 Å². The minimum atomic E-state index is 0.100. The number of hydrogen-bond donors (Lipinski definition) is 1. The Labute approximate surface area is 180 Å². The maximum atomic E-state index is 6.17. The Bertz CT molecular complexity index is 741. The number of rotatable bonds is 7. The molecule has 164 valence electrons. The molecule has 0 amide bonds. The highest BCUT2D eigenvalue weighted by Gasteiger charge is 2.28. The molecule has 1 N–H and O–H groups in total. The Kier molecular flexibility index (Phi) is 7.36. The highest BCUT2D eigenvalue weighted by Crippen LogP contribution is 2.30. The monoisotopic (exact) mass is 413 g/mol. The highest BCUT2D eigenvalue weighted by atomic mass is 16.5. The Morgan fingerprint density at radius 1 is 1.10 bits per heavy atom. The molecule has 3 aliphatic heterocycles. The summed E-state index contributed by atoms with van der Waals surface area (Å²) in [6.07, 6.45) is 11.3. The summed E-state index contributed by atoms with van der Waals surface area (Å²) in [6.45, 7) is 8.43. The van der Waals surface area contributed by atoms with E-state index in [0.717, 1.165) is 82.3 Å². The molecule has 2 fully saturated rings. The van der Waals surface area contributed by atoms with Gasteiger partial charge < -0.3 is 24.6 Å². The zero-order valence-corrected chi connectivity index (χ0v) is 18.3. The summed E-state index contributed by atoms with van der Waals surface area (Å²) in [5.74, 6) is 2.14. The van der Waals surface area contributed by atoms with Crippen molar-refractivity contribution in [1.82, 2.24) is 15.1 Å². The predicted molar refractivity (Wildman–Crippen MR) is 121 cm³/mol. The standard InChI is InChI=1S/C23H35N5O2/c1-27-9-11-28(12-10-27)8-3-13-30-22-16-20-14-19(15-21(22)29-2)23(26-17-25-20)18-4-6-24-7-5-18/h14-19,24H,3-13H2,1-2H3. The topological polar surface area (TPSA) is 61.7 Å². The van der Waals surface area contributed by atoms with Gasteiger partial charge in [-0.2, -0.15) is 0 Å². The molecule has 0 saturated carbocycles. The molecule has 4 aliphatic rings. The van der Waals surface area contributed by atoms with Crippen molar-refractivity contribution in [2.75, 3.05) is 66.6 Å². The number of likely N-dealkylation sites (N-methyl/N-ethyl adjacent to an activating group) is 1. The van der Waals surface area contributed by atoms with E-state index >= 15 is 0 Å². The molecule has 30 heavy (non-hydrogen) atoms. The van der Waals surface area contributed by atoms with Gasteiger partial charge in [-0.1, -0.05) is 0 Å². The lowest BCUT2D eigenvalue weighted by atomic mass is 9.85. The number of piperidine rings is 1. The summed E-state index contributed by atoms with van der Waals surface area (Å²) in [5, 5.41) is 3.44. The van der Waals surface area contributed by atoms with Gasteiger partial charge in [-0.05, 0) is 51.6 Å². The molecule has 0 aromatic heterocycles. The van der Waals surface area contributed by atoms with Gasteiger partial charge >= 0.3 is 0 Å². The van der Waals surface area contributed by atoms with Crippen molar-refractivity contribution < 1.29 is 9.47 Å². The fraction of sp³-hybridized carbons (Fsp3) is 0.652. The van der Waals surface area contributed by atoms with E-state index in [-0.39, 0.29) is 5.92 Å². The minimum Gasteiger partial charge on any atom is -0.493 e. The smallest absolute Gasteiger partial charge is 0.162 e. The maximum absolute atomic E-state index is 6.17. The maximum Gasteiger partial charge on any atom is 0.162 e. The number of hydrogen-bond acceptors (Lipinski definition) is 7. The van der Waals surface area contributed by atoms with Gasteiger partial charge in [0.1, 0.15) is 6.34 Å². The second kappa shape index (κ2) is 10.4. The van der Waals surface area contributed by atoms with Gasteiger partial charge in [0.2, 0.25) is 0 Å². The Morgan fingerprint density at radius 3 is 2.67 bits per heavy atom. The zero-order valence-electron chi connectivity index (χ0n) is 18.3. The van der Waals surface area contributed by atoms with E-state index in [1.807, 2.05) is 6.08 Å². The van der Waals surface area contributed by atoms with Gasteiger partial charge in [-0.3, -0.25) is 0 Å². The lowest BCUT2D eigenvalue weighted by molar-refractivity contribution is 0.129. The SMILES string of the molecule is COC1=CC2C=C(C=C1OCCCN1CCN(C)CC1)N=CN=C2C1CCNCC1. The average Bonchev–Trinajstić information content (AvgIpc) is 3.08. The van der Waals surface area contributed by atoms with E-state index in [4.69, 9.17) is 14.5 Å². The van der Waals surface area contributed by atoms with Crippen LogP contribution in [0.15, 0.2) is 45.4 Å².